The van der Waals surface area contributed by atoms with Gasteiger partial charge in [0.1, 0.15) is 5.69 Å². The summed E-state index contributed by atoms with van der Waals surface area (Å²) >= 11 is 1.37. The van der Waals surface area contributed by atoms with Crippen LogP contribution in [-0.2, 0) is 6.42 Å². The number of aromatic amines is 1. The summed E-state index contributed by atoms with van der Waals surface area (Å²) in [6, 6.07) is 8.04. The Balaban J connectivity index is 2.24. The summed E-state index contributed by atoms with van der Waals surface area (Å²) in [4.78, 5) is 14.4. The highest BCUT2D eigenvalue weighted by atomic mass is 32.2. The Morgan fingerprint density at radius 3 is 2.53 bits per heavy atom. The van der Waals surface area contributed by atoms with E-state index < -0.39 is 0 Å². The van der Waals surface area contributed by atoms with Crippen molar-refractivity contribution in [3.8, 4) is 0 Å². The van der Waals surface area contributed by atoms with Crippen LogP contribution in [0.5, 0.6) is 0 Å². The molecule has 0 radical (unpaired) electrons. The molecule has 1 N–H and O–H groups in total. The molecule has 17 heavy (non-hydrogen) atoms. The number of rotatable bonds is 3. The molecule has 2 rings (SSSR count). The molecule has 1 aromatic heterocycles. The van der Waals surface area contributed by atoms with Crippen molar-refractivity contribution in [2.75, 3.05) is 6.26 Å². The second-order valence-corrected chi connectivity index (χ2v) is 4.57. The molecule has 5 heteroatoms. The number of aromatic nitrogens is 3. The first-order valence-corrected chi connectivity index (χ1v) is 6.47. The molecule has 0 saturated carbocycles. The van der Waals surface area contributed by atoms with Crippen LogP contribution >= 0.6 is 11.8 Å². The SMILES string of the molecule is CSc1nnc(Cc2ccc(C)cc2)c(=O)[nH]1. The Labute approximate surface area is 103 Å². The lowest BCUT2D eigenvalue weighted by Gasteiger charge is -2.01. The molecule has 0 bridgehead atoms. The molecular formula is C12H13N3OS. The second kappa shape index (κ2) is 5.14. The molecule has 0 saturated heterocycles. The van der Waals surface area contributed by atoms with Crippen molar-refractivity contribution in [3.05, 3.63) is 51.4 Å². The van der Waals surface area contributed by atoms with Crippen molar-refractivity contribution in [3.63, 3.8) is 0 Å². The first-order valence-electron chi connectivity index (χ1n) is 5.24. The largest absolute Gasteiger partial charge is 0.298 e. The Kier molecular flexibility index (Phi) is 3.58. The van der Waals surface area contributed by atoms with E-state index in [0.717, 1.165) is 5.56 Å². The molecule has 0 spiro atoms. The normalized spacial score (nSPS) is 10.5. The van der Waals surface area contributed by atoms with Crippen LogP contribution in [0.15, 0.2) is 34.2 Å². The fraction of sp³-hybridized carbons (Fsp3) is 0.250. The minimum Gasteiger partial charge on any atom is -0.298 e. The van der Waals surface area contributed by atoms with Crippen LogP contribution in [0.2, 0.25) is 0 Å². The van der Waals surface area contributed by atoms with E-state index in [4.69, 9.17) is 0 Å². The Morgan fingerprint density at radius 1 is 1.24 bits per heavy atom. The van der Waals surface area contributed by atoms with Gasteiger partial charge in [0.25, 0.3) is 5.56 Å². The number of hydrogen-bond acceptors (Lipinski definition) is 4. The lowest BCUT2D eigenvalue weighted by molar-refractivity contribution is 0.773. The molecule has 2 aromatic rings. The van der Waals surface area contributed by atoms with Crippen molar-refractivity contribution < 1.29 is 0 Å². The van der Waals surface area contributed by atoms with Gasteiger partial charge in [-0.25, -0.2) is 0 Å². The van der Waals surface area contributed by atoms with Gasteiger partial charge in [0, 0.05) is 6.42 Å². The molecule has 0 fully saturated rings. The minimum absolute atomic E-state index is 0.162. The number of hydrogen-bond donors (Lipinski definition) is 1. The monoisotopic (exact) mass is 247 g/mol. The van der Waals surface area contributed by atoms with E-state index in [1.165, 1.54) is 17.3 Å². The average Bonchev–Trinajstić information content (AvgIpc) is 2.34. The zero-order valence-electron chi connectivity index (χ0n) is 9.73. The van der Waals surface area contributed by atoms with Gasteiger partial charge in [-0.15, -0.1) is 10.2 Å². The van der Waals surface area contributed by atoms with Gasteiger partial charge in [0.05, 0.1) is 0 Å². The van der Waals surface area contributed by atoms with E-state index in [9.17, 15) is 4.79 Å². The third kappa shape index (κ3) is 2.94. The van der Waals surface area contributed by atoms with Crippen LogP contribution in [0.25, 0.3) is 0 Å². The van der Waals surface area contributed by atoms with Gasteiger partial charge in [-0.2, -0.15) is 0 Å². The van der Waals surface area contributed by atoms with Crippen LogP contribution in [0.3, 0.4) is 0 Å². The Bertz CT molecular complexity index is 563. The van der Waals surface area contributed by atoms with Gasteiger partial charge in [-0.1, -0.05) is 41.6 Å². The molecule has 1 aromatic carbocycles. The van der Waals surface area contributed by atoms with Crippen LogP contribution in [0.4, 0.5) is 0 Å². The molecule has 0 aliphatic rings. The molecule has 1 heterocycles. The molecule has 0 unspecified atom stereocenters. The molecular weight excluding hydrogens is 234 g/mol. The Morgan fingerprint density at radius 2 is 1.94 bits per heavy atom. The first-order chi connectivity index (χ1) is 8.19. The highest BCUT2D eigenvalue weighted by Crippen LogP contribution is 2.07. The summed E-state index contributed by atoms with van der Waals surface area (Å²) < 4.78 is 0. The van der Waals surface area contributed by atoms with E-state index in [0.29, 0.717) is 17.3 Å². The zero-order chi connectivity index (χ0) is 12.3. The topological polar surface area (TPSA) is 58.6 Å². The lowest BCUT2D eigenvalue weighted by Crippen LogP contribution is -2.17. The van der Waals surface area contributed by atoms with E-state index in [2.05, 4.69) is 15.2 Å². The third-order valence-corrected chi connectivity index (χ3v) is 3.00. The van der Waals surface area contributed by atoms with E-state index in [1.807, 2.05) is 37.4 Å². The van der Waals surface area contributed by atoms with Crippen molar-refractivity contribution in [1.29, 1.82) is 0 Å². The van der Waals surface area contributed by atoms with Gasteiger partial charge in [-0.3, -0.25) is 9.78 Å². The molecule has 88 valence electrons. The molecule has 4 nitrogen and oxygen atoms in total. The smallest absolute Gasteiger partial charge is 0.273 e. The van der Waals surface area contributed by atoms with Crippen molar-refractivity contribution >= 4 is 11.8 Å². The molecule has 0 amide bonds. The van der Waals surface area contributed by atoms with E-state index >= 15 is 0 Å². The lowest BCUT2D eigenvalue weighted by atomic mass is 10.1. The molecule has 0 atom stereocenters. The summed E-state index contributed by atoms with van der Waals surface area (Å²) in [5, 5.41) is 8.43. The number of nitrogens with one attached hydrogen (secondary N) is 1. The van der Waals surface area contributed by atoms with Crippen LogP contribution in [0, 0.1) is 6.92 Å². The van der Waals surface area contributed by atoms with Crippen LogP contribution < -0.4 is 5.56 Å². The average molecular weight is 247 g/mol. The summed E-state index contributed by atoms with van der Waals surface area (Å²) in [6.07, 6.45) is 2.36. The maximum Gasteiger partial charge on any atom is 0.273 e. The van der Waals surface area contributed by atoms with Gasteiger partial charge in [0.2, 0.25) is 0 Å². The van der Waals surface area contributed by atoms with Gasteiger partial charge in [0.15, 0.2) is 5.16 Å². The minimum atomic E-state index is -0.162. The predicted molar refractivity (Wildman–Crippen MR) is 68.4 cm³/mol. The second-order valence-electron chi connectivity index (χ2n) is 3.77. The number of benzene rings is 1. The zero-order valence-corrected chi connectivity index (χ0v) is 10.5. The summed E-state index contributed by atoms with van der Waals surface area (Å²) in [5.41, 5.74) is 2.55. The predicted octanol–water partition coefficient (Wildman–Crippen LogP) is 1.79. The number of nitrogens with zero attached hydrogens (tertiary/aromatic N) is 2. The standard InChI is InChI=1S/C12H13N3OS/c1-8-3-5-9(6-4-8)7-10-11(16)13-12(17-2)15-14-10/h3-6H,7H2,1-2H3,(H,13,15,16). The van der Waals surface area contributed by atoms with Crippen molar-refractivity contribution in [1.82, 2.24) is 15.2 Å². The highest BCUT2D eigenvalue weighted by molar-refractivity contribution is 7.98. The van der Waals surface area contributed by atoms with E-state index in [1.54, 1.807) is 0 Å². The Hall–Kier alpha value is -1.62. The maximum atomic E-state index is 11.7. The van der Waals surface area contributed by atoms with Gasteiger partial charge in [-0.05, 0) is 18.7 Å². The highest BCUT2D eigenvalue weighted by Gasteiger charge is 2.05. The van der Waals surface area contributed by atoms with Crippen molar-refractivity contribution in [2.45, 2.75) is 18.5 Å². The quantitative estimate of drug-likeness (QED) is 0.840. The molecule has 0 aliphatic heterocycles. The number of aryl methyl sites for hydroxylation is 1. The fourth-order valence-electron chi connectivity index (χ4n) is 1.45. The third-order valence-electron chi connectivity index (χ3n) is 2.43. The first kappa shape index (κ1) is 11.9. The van der Waals surface area contributed by atoms with Crippen LogP contribution in [0.1, 0.15) is 16.8 Å². The number of thioether (sulfide) groups is 1. The summed E-state index contributed by atoms with van der Waals surface area (Å²) in [7, 11) is 0. The van der Waals surface area contributed by atoms with Crippen LogP contribution in [-0.4, -0.2) is 21.4 Å². The molecule has 0 aliphatic carbocycles. The van der Waals surface area contributed by atoms with Gasteiger partial charge >= 0.3 is 0 Å². The van der Waals surface area contributed by atoms with Crippen molar-refractivity contribution in [2.24, 2.45) is 0 Å². The maximum absolute atomic E-state index is 11.7. The summed E-state index contributed by atoms with van der Waals surface area (Å²) in [5.74, 6) is 0. The van der Waals surface area contributed by atoms with E-state index in [-0.39, 0.29) is 5.56 Å². The fourth-order valence-corrected chi connectivity index (χ4v) is 1.77. The summed E-state index contributed by atoms with van der Waals surface area (Å²) in [6.45, 7) is 2.03. The van der Waals surface area contributed by atoms with Gasteiger partial charge < -0.3 is 0 Å². The number of H-pyrrole nitrogens is 1.